The van der Waals surface area contributed by atoms with Crippen molar-refractivity contribution in [2.45, 2.75) is 13.5 Å². The first-order chi connectivity index (χ1) is 8.09. The van der Waals surface area contributed by atoms with E-state index in [2.05, 4.69) is 0 Å². The van der Waals surface area contributed by atoms with Gasteiger partial charge in [0.2, 0.25) is 0 Å². The fourth-order valence-electron chi connectivity index (χ4n) is 1.76. The highest BCUT2D eigenvalue weighted by atomic mass is 16.2. The third-order valence-corrected chi connectivity index (χ3v) is 2.78. The highest BCUT2D eigenvalue weighted by molar-refractivity contribution is 5.97. The summed E-state index contributed by atoms with van der Waals surface area (Å²) in [6, 6.07) is 7.39. The van der Waals surface area contributed by atoms with Crippen LogP contribution in [0.4, 0.5) is 0 Å². The van der Waals surface area contributed by atoms with E-state index in [1.165, 1.54) is 9.13 Å². The van der Waals surface area contributed by atoms with Gasteiger partial charge < -0.3 is 4.57 Å². The molecule has 0 bridgehead atoms. The maximum Gasteiger partial charge on any atom is 0.328 e. The Morgan fingerprint density at radius 2 is 1.94 bits per heavy atom. The topological polar surface area (TPSA) is 44.0 Å². The monoisotopic (exact) mass is 230 g/mol. The lowest BCUT2D eigenvalue weighted by molar-refractivity contribution is 0.0970. The lowest BCUT2D eigenvalue weighted by Gasteiger charge is -2.04. The molecule has 0 atom stereocenters. The fourth-order valence-corrected chi connectivity index (χ4v) is 1.76. The van der Waals surface area contributed by atoms with Crippen molar-refractivity contribution in [3.05, 3.63) is 58.3 Å². The first-order valence-corrected chi connectivity index (χ1v) is 5.40. The summed E-state index contributed by atoms with van der Waals surface area (Å²) >= 11 is 0. The molecule has 0 radical (unpaired) electrons. The number of nitrogens with zero attached hydrogens (tertiary/aromatic N) is 2. The minimum Gasteiger partial charge on any atom is -0.302 e. The minimum atomic E-state index is -0.174. The van der Waals surface area contributed by atoms with Crippen LogP contribution in [-0.2, 0) is 13.6 Å². The first-order valence-electron chi connectivity index (χ1n) is 5.40. The number of imidazole rings is 1. The van der Waals surface area contributed by atoms with E-state index >= 15 is 0 Å². The number of ketones is 1. The average Bonchev–Trinajstić information content (AvgIpc) is 2.61. The summed E-state index contributed by atoms with van der Waals surface area (Å²) in [6.07, 6.45) is 3.27. The molecule has 1 heterocycles. The standard InChI is InChI=1S/C13H14N2O2/c1-10-5-3-4-6-11(10)12(16)9-15-8-7-14(2)13(15)17/h3-8H,9H2,1-2H3. The van der Waals surface area contributed by atoms with E-state index in [1.807, 2.05) is 25.1 Å². The van der Waals surface area contributed by atoms with Gasteiger partial charge in [-0.05, 0) is 12.5 Å². The molecule has 17 heavy (non-hydrogen) atoms. The smallest absolute Gasteiger partial charge is 0.302 e. The zero-order valence-electron chi connectivity index (χ0n) is 9.88. The molecule has 4 nitrogen and oxygen atoms in total. The van der Waals surface area contributed by atoms with Crippen molar-refractivity contribution in [2.75, 3.05) is 0 Å². The lowest BCUT2D eigenvalue weighted by atomic mass is 10.1. The second-order valence-corrected chi connectivity index (χ2v) is 4.06. The Bertz CT molecular complexity index is 608. The van der Waals surface area contributed by atoms with Crippen molar-refractivity contribution in [3.63, 3.8) is 0 Å². The Morgan fingerprint density at radius 1 is 1.24 bits per heavy atom. The van der Waals surface area contributed by atoms with Gasteiger partial charge in [0, 0.05) is 25.0 Å². The predicted molar refractivity (Wildman–Crippen MR) is 65.2 cm³/mol. The van der Waals surface area contributed by atoms with Gasteiger partial charge in [-0.3, -0.25) is 9.36 Å². The van der Waals surface area contributed by atoms with Gasteiger partial charge in [0.05, 0.1) is 6.54 Å². The largest absolute Gasteiger partial charge is 0.328 e. The Morgan fingerprint density at radius 3 is 2.53 bits per heavy atom. The molecule has 2 rings (SSSR count). The van der Waals surface area contributed by atoms with Crippen molar-refractivity contribution in [3.8, 4) is 0 Å². The van der Waals surface area contributed by atoms with E-state index in [0.717, 1.165) is 5.56 Å². The van der Waals surface area contributed by atoms with Crippen LogP contribution in [0.1, 0.15) is 15.9 Å². The molecule has 0 fully saturated rings. The number of hydrogen-bond acceptors (Lipinski definition) is 2. The van der Waals surface area contributed by atoms with Gasteiger partial charge in [-0.25, -0.2) is 4.79 Å². The summed E-state index contributed by atoms with van der Waals surface area (Å²) in [4.78, 5) is 23.6. The number of carbonyl (C=O) groups excluding carboxylic acids is 1. The summed E-state index contributed by atoms with van der Waals surface area (Å²) in [6.45, 7) is 1.98. The average molecular weight is 230 g/mol. The van der Waals surface area contributed by atoms with Crippen molar-refractivity contribution in [2.24, 2.45) is 7.05 Å². The first kappa shape index (κ1) is 11.4. The second-order valence-electron chi connectivity index (χ2n) is 4.06. The minimum absolute atomic E-state index is 0.0450. The van der Waals surface area contributed by atoms with Crippen LogP contribution in [0.5, 0.6) is 0 Å². The van der Waals surface area contributed by atoms with Gasteiger partial charge in [-0.1, -0.05) is 24.3 Å². The maximum atomic E-state index is 12.0. The van der Waals surface area contributed by atoms with E-state index in [9.17, 15) is 9.59 Å². The highest BCUT2D eigenvalue weighted by Gasteiger charge is 2.10. The predicted octanol–water partition coefficient (Wildman–Crippen LogP) is 1.38. The number of aryl methyl sites for hydroxylation is 2. The van der Waals surface area contributed by atoms with E-state index in [0.29, 0.717) is 5.56 Å². The molecule has 0 aliphatic heterocycles. The van der Waals surface area contributed by atoms with Gasteiger partial charge >= 0.3 is 5.69 Å². The number of rotatable bonds is 3. The van der Waals surface area contributed by atoms with Gasteiger partial charge in [0.1, 0.15) is 0 Å². The molecule has 0 unspecified atom stereocenters. The van der Waals surface area contributed by atoms with E-state index in [-0.39, 0.29) is 18.0 Å². The summed E-state index contributed by atoms with van der Waals surface area (Å²) in [5, 5.41) is 0. The summed E-state index contributed by atoms with van der Waals surface area (Å²) in [7, 11) is 1.66. The number of benzene rings is 1. The molecule has 0 aliphatic carbocycles. The second kappa shape index (κ2) is 4.41. The van der Waals surface area contributed by atoms with Crippen LogP contribution >= 0.6 is 0 Å². The van der Waals surface area contributed by atoms with Crippen LogP contribution in [0, 0.1) is 6.92 Å². The zero-order chi connectivity index (χ0) is 12.4. The molecule has 88 valence electrons. The normalized spacial score (nSPS) is 10.5. The molecule has 0 spiro atoms. The van der Waals surface area contributed by atoms with Crippen LogP contribution in [0.3, 0.4) is 0 Å². The lowest BCUT2D eigenvalue weighted by Crippen LogP contribution is -2.25. The van der Waals surface area contributed by atoms with Crippen LogP contribution < -0.4 is 5.69 Å². The van der Waals surface area contributed by atoms with Gasteiger partial charge in [-0.15, -0.1) is 0 Å². The Hall–Kier alpha value is -2.10. The highest BCUT2D eigenvalue weighted by Crippen LogP contribution is 2.08. The summed E-state index contributed by atoms with van der Waals surface area (Å²) in [5.41, 5.74) is 1.43. The number of carbonyl (C=O) groups is 1. The van der Waals surface area contributed by atoms with Gasteiger partial charge in [-0.2, -0.15) is 0 Å². The number of aromatic nitrogens is 2. The number of hydrogen-bond donors (Lipinski definition) is 0. The number of Topliss-reactive ketones (excluding diaryl/α,β-unsaturated/α-hetero) is 1. The van der Waals surface area contributed by atoms with Crippen molar-refractivity contribution >= 4 is 5.78 Å². The third kappa shape index (κ3) is 2.20. The summed E-state index contributed by atoms with van der Waals surface area (Å²) in [5.74, 6) is -0.0450. The van der Waals surface area contributed by atoms with Crippen LogP contribution in [0.2, 0.25) is 0 Å². The maximum absolute atomic E-state index is 12.0. The van der Waals surface area contributed by atoms with Gasteiger partial charge in [0.25, 0.3) is 0 Å². The fraction of sp³-hybridized carbons (Fsp3) is 0.231. The van der Waals surface area contributed by atoms with Crippen molar-refractivity contribution in [1.82, 2.24) is 9.13 Å². The molecular formula is C13H14N2O2. The Kier molecular flexibility index (Phi) is 2.95. The van der Waals surface area contributed by atoms with Crippen molar-refractivity contribution < 1.29 is 4.79 Å². The molecule has 4 heteroatoms. The third-order valence-electron chi connectivity index (χ3n) is 2.78. The molecule has 0 saturated carbocycles. The zero-order valence-corrected chi connectivity index (χ0v) is 9.88. The van der Waals surface area contributed by atoms with E-state index in [4.69, 9.17) is 0 Å². The van der Waals surface area contributed by atoms with E-state index < -0.39 is 0 Å². The van der Waals surface area contributed by atoms with Crippen LogP contribution in [0.15, 0.2) is 41.5 Å². The quantitative estimate of drug-likeness (QED) is 0.748. The molecule has 2 aromatic rings. The van der Waals surface area contributed by atoms with Crippen LogP contribution in [0.25, 0.3) is 0 Å². The molecule has 1 aromatic heterocycles. The molecule has 0 aliphatic rings. The molecule has 0 amide bonds. The molecule has 0 N–H and O–H groups in total. The summed E-state index contributed by atoms with van der Waals surface area (Å²) < 4.78 is 2.86. The van der Waals surface area contributed by atoms with Crippen LogP contribution in [-0.4, -0.2) is 14.9 Å². The molecular weight excluding hydrogens is 216 g/mol. The van der Waals surface area contributed by atoms with E-state index in [1.54, 1.807) is 25.5 Å². The Balaban J connectivity index is 2.27. The molecule has 1 aromatic carbocycles. The SMILES string of the molecule is Cc1ccccc1C(=O)Cn1ccn(C)c1=O. The van der Waals surface area contributed by atoms with Gasteiger partial charge in [0.15, 0.2) is 5.78 Å². The van der Waals surface area contributed by atoms with Crippen molar-refractivity contribution in [1.29, 1.82) is 0 Å². The molecule has 0 saturated heterocycles. The Labute approximate surface area is 99.1 Å².